The Balaban J connectivity index is 4.76. The molecule has 0 N–H and O–H groups in total. The van der Waals surface area contributed by atoms with E-state index in [2.05, 4.69) is 43.1 Å². The zero-order valence-electron chi connectivity index (χ0n) is 10.9. The lowest BCUT2D eigenvalue weighted by atomic mass is 10.1. The third-order valence-corrected chi connectivity index (χ3v) is 2.26. The first kappa shape index (κ1) is 15.5. The van der Waals surface area contributed by atoms with Gasteiger partial charge in [0.2, 0.25) is 0 Å². The third-order valence-electron chi connectivity index (χ3n) is 2.26. The average Bonchev–Trinajstić information content (AvgIpc) is 2.29. The Morgan fingerprint density at radius 3 is 2.18 bits per heavy atom. The maximum absolute atomic E-state index is 3.81. The van der Waals surface area contributed by atoms with E-state index in [1.165, 1.54) is 0 Å². The first-order valence-corrected chi connectivity index (χ1v) is 5.89. The SMILES string of the molecule is C=CCCC(C#CC(=C)C)N(CC=C)CC=C. The minimum atomic E-state index is 0.209. The van der Waals surface area contributed by atoms with Gasteiger partial charge in [-0.1, -0.05) is 36.6 Å². The molecular weight excluding hydrogens is 206 g/mol. The zero-order chi connectivity index (χ0) is 13.1. The predicted molar refractivity (Wildman–Crippen MR) is 77.8 cm³/mol. The summed E-state index contributed by atoms with van der Waals surface area (Å²) >= 11 is 0. The van der Waals surface area contributed by atoms with E-state index in [1.807, 2.05) is 25.2 Å². The van der Waals surface area contributed by atoms with Crippen LogP contribution in [0.4, 0.5) is 0 Å². The number of rotatable bonds is 8. The molecule has 92 valence electrons. The largest absolute Gasteiger partial charge is 0.282 e. The fourth-order valence-electron chi connectivity index (χ4n) is 1.49. The van der Waals surface area contributed by atoms with Gasteiger partial charge in [-0.15, -0.1) is 19.7 Å². The molecule has 1 heteroatoms. The normalized spacial score (nSPS) is 11.2. The molecule has 1 atom stereocenters. The molecule has 1 nitrogen and oxygen atoms in total. The summed E-state index contributed by atoms with van der Waals surface area (Å²) in [4.78, 5) is 2.25. The fourth-order valence-corrected chi connectivity index (χ4v) is 1.49. The molecule has 17 heavy (non-hydrogen) atoms. The molecule has 0 radical (unpaired) electrons. The van der Waals surface area contributed by atoms with Crippen LogP contribution in [0, 0.1) is 11.8 Å². The second-order valence-corrected chi connectivity index (χ2v) is 3.96. The molecule has 0 bridgehead atoms. The van der Waals surface area contributed by atoms with Gasteiger partial charge in [0, 0.05) is 13.1 Å². The minimum absolute atomic E-state index is 0.209. The van der Waals surface area contributed by atoms with E-state index in [-0.39, 0.29) is 6.04 Å². The van der Waals surface area contributed by atoms with Gasteiger partial charge < -0.3 is 0 Å². The molecule has 0 aliphatic carbocycles. The lowest BCUT2D eigenvalue weighted by Gasteiger charge is -2.25. The molecule has 0 spiro atoms. The van der Waals surface area contributed by atoms with Gasteiger partial charge >= 0.3 is 0 Å². The standard InChI is InChI=1S/C16H23N/c1-6-9-10-16(12-11-15(4)5)17(13-7-2)14-8-3/h6-8,16H,1-4,9-10,13-14H2,5H3. The Morgan fingerprint density at radius 2 is 1.76 bits per heavy atom. The first-order valence-electron chi connectivity index (χ1n) is 5.89. The van der Waals surface area contributed by atoms with Gasteiger partial charge in [0.25, 0.3) is 0 Å². The maximum atomic E-state index is 3.81. The second-order valence-electron chi connectivity index (χ2n) is 3.96. The van der Waals surface area contributed by atoms with Crippen molar-refractivity contribution in [1.29, 1.82) is 0 Å². The summed E-state index contributed by atoms with van der Waals surface area (Å²) in [5.41, 5.74) is 0.894. The van der Waals surface area contributed by atoms with Crippen LogP contribution in [0.15, 0.2) is 50.1 Å². The van der Waals surface area contributed by atoms with Crippen molar-refractivity contribution >= 4 is 0 Å². The van der Waals surface area contributed by atoms with Gasteiger partial charge in [-0.25, -0.2) is 0 Å². The van der Waals surface area contributed by atoms with Crippen molar-refractivity contribution in [3.63, 3.8) is 0 Å². The monoisotopic (exact) mass is 229 g/mol. The first-order chi connectivity index (χ1) is 8.15. The van der Waals surface area contributed by atoms with Crippen LogP contribution in [0.25, 0.3) is 0 Å². The molecule has 1 unspecified atom stereocenters. The van der Waals surface area contributed by atoms with E-state index in [0.717, 1.165) is 31.5 Å². The lowest BCUT2D eigenvalue weighted by molar-refractivity contribution is 0.278. The fraction of sp³-hybridized carbons (Fsp3) is 0.375. The predicted octanol–water partition coefficient (Wildman–Crippen LogP) is 3.57. The molecular formula is C16H23N. The number of nitrogens with zero attached hydrogens (tertiary/aromatic N) is 1. The minimum Gasteiger partial charge on any atom is -0.282 e. The Morgan fingerprint density at radius 1 is 1.18 bits per heavy atom. The van der Waals surface area contributed by atoms with Gasteiger partial charge in [-0.2, -0.15) is 0 Å². The molecule has 0 heterocycles. The smallest absolute Gasteiger partial charge is 0.0726 e. The van der Waals surface area contributed by atoms with Crippen LogP contribution in [0.2, 0.25) is 0 Å². The summed E-state index contributed by atoms with van der Waals surface area (Å²) in [6.45, 7) is 18.7. The maximum Gasteiger partial charge on any atom is 0.0726 e. The molecule has 0 aromatic carbocycles. The molecule has 0 aromatic heterocycles. The molecule has 0 aliphatic rings. The van der Waals surface area contributed by atoms with Gasteiger partial charge in [0.1, 0.15) is 0 Å². The van der Waals surface area contributed by atoms with Gasteiger partial charge in [0.05, 0.1) is 6.04 Å². The molecule has 0 amide bonds. The average molecular weight is 229 g/mol. The topological polar surface area (TPSA) is 3.24 Å². The molecule has 0 fully saturated rings. The van der Waals surface area contributed by atoms with Crippen molar-refractivity contribution in [2.45, 2.75) is 25.8 Å². The van der Waals surface area contributed by atoms with E-state index in [4.69, 9.17) is 0 Å². The summed E-state index contributed by atoms with van der Waals surface area (Å²) in [6.07, 6.45) is 7.65. The van der Waals surface area contributed by atoms with Crippen LogP contribution in [0.1, 0.15) is 19.8 Å². The summed E-state index contributed by atoms with van der Waals surface area (Å²) in [6, 6.07) is 0.209. The Labute approximate surface area is 106 Å². The molecule has 0 saturated heterocycles. The molecule has 0 aliphatic heterocycles. The number of allylic oxidation sites excluding steroid dienone is 2. The highest BCUT2D eigenvalue weighted by molar-refractivity contribution is 5.26. The third kappa shape index (κ3) is 7.38. The van der Waals surface area contributed by atoms with Crippen molar-refractivity contribution in [3.8, 4) is 11.8 Å². The van der Waals surface area contributed by atoms with Crippen LogP contribution in [0.3, 0.4) is 0 Å². The molecule has 0 rings (SSSR count). The molecule has 0 aromatic rings. The van der Waals surface area contributed by atoms with Crippen LogP contribution in [-0.4, -0.2) is 24.0 Å². The second kappa shape index (κ2) is 9.69. The van der Waals surface area contributed by atoms with E-state index in [1.54, 1.807) is 0 Å². The summed E-state index contributed by atoms with van der Waals surface area (Å²) < 4.78 is 0. The van der Waals surface area contributed by atoms with Crippen molar-refractivity contribution in [2.75, 3.05) is 13.1 Å². The van der Waals surface area contributed by atoms with Crippen molar-refractivity contribution in [3.05, 3.63) is 50.1 Å². The summed E-state index contributed by atoms with van der Waals surface area (Å²) in [5.74, 6) is 6.32. The Hall–Kier alpha value is -1.52. The van der Waals surface area contributed by atoms with Gasteiger partial charge in [0.15, 0.2) is 0 Å². The molecule has 0 saturated carbocycles. The van der Waals surface area contributed by atoms with Gasteiger partial charge in [-0.3, -0.25) is 4.90 Å². The lowest BCUT2D eigenvalue weighted by Crippen LogP contribution is -2.34. The van der Waals surface area contributed by atoms with Crippen LogP contribution >= 0.6 is 0 Å². The zero-order valence-corrected chi connectivity index (χ0v) is 10.9. The van der Waals surface area contributed by atoms with E-state index in [0.29, 0.717) is 0 Å². The van der Waals surface area contributed by atoms with E-state index < -0.39 is 0 Å². The number of hydrogen-bond acceptors (Lipinski definition) is 1. The summed E-state index contributed by atoms with van der Waals surface area (Å²) in [7, 11) is 0. The van der Waals surface area contributed by atoms with E-state index in [9.17, 15) is 0 Å². The highest BCUT2D eigenvalue weighted by atomic mass is 15.1. The van der Waals surface area contributed by atoms with Crippen LogP contribution in [0.5, 0.6) is 0 Å². The summed E-state index contributed by atoms with van der Waals surface area (Å²) in [5, 5.41) is 0. The van der Waals surface area contributed by atoms with Crippen molar-refractivity contribution in [2.24, 2.45) is 0 Å². The Bertz CT molecular complexity index is 317. The van der Waals surface area contributed by atoms with Crippen molar-refractivity contribution in [1.82, 2.24) is 4.90 Å². The highest BCUT2D eigenvalue weighted by Gasteiger charge is 2.12. The quantitative estimate of drug-likeness (QED) is 0.454. The van der Waals surface area contributed by atoms with Crippen LogP contribution < -0.4 is 0 Å². The van der Waals surface area contributed by atoms with Gasteiger partial charge in [-0.05, 0) is 25.3 Å². The number of hydrogen-bond donors (Lipinski definition) is 0. The highest BCUT2D eigenvalue weighted by Crippen LogP contribution is 2.07. The van der Waals surface area contributed by atoms with E-state index >= 15 is 0 Å². The Kier molecular flexibility index (Phi) is 8.82. The van der Waals surface area contributed by atoms with Crippen molar-refractivity contribution < 1.29 is 0 Å². The van der Waals surface area contributed by atoms with Crippen LogP contribution in [-0.2, 0) is 0 Å².